The van der Waals surface area contributed by atoms with Gasteiger partial charge in [-0.05, 0) is 47.0 Å². The molecule has 0 amide bonds. The highest BCUT2D eigenvalue weighted by atomic mass is 31.0. The zero-order valence-electron chi connectivity index (χ0n) is 36.0. The molecule has 10 fully saturated rings. The molecule has 0 aliphatic carbocycles. The summed E-state index contributed by atoms with van der Waals surface area (Å²) in [5.74, 6) is 0.427. The van der Waals surface area contributed by atoms with E-state index >= 15 is 0 Å². The van der Waals surface area contributed by atoms with E-state index in [1.54, 1.807) is 0 Å². The van der Waals surface area contributed by atoms with Crippen molar-refractivity contribution in [2.75, 3.05) is 59.5 Å². The molecule has 10 heterocycles. The maximum Gasteiger partial charge on any atom is 0.144 e. The number of ether oxygens (including phenoxy) is 10. The SMILES string of the molecule is CC1OC2(CO)CO[C@@H]1[C@@H]2OP.CC1OC2(CO)CO[C@@H]1[C@H]2OP.CCC12COC([C@H](C)O1)[C@H]2OP.CCC12COC([C@H](C)O1)[C@H]2OP.CCC12COCC(CO1)[C@H]2OP. The molecule has 0 spiro atoms. The molecule has 10 aliphatic rings. The Bertz CT molecular complexity index is 1210. The molecule has 10 saturated heterocycles. The van der Waals surface area contributed by atoms with Gasteiger partial charge >= 0.3 is 0 Å². The fourth-order valence-corrected chi connectivity index (χ4v) is 12.7. The van der Waals surface area contributed by atoms with Crippen LogP contribution in [0.4, 0.5) is 0 Å². The lowest BCUT2D eigenvalue weighted by molar-refractivity contribution is -0.153. The molecule has 0 saturated carbocycles. The number of hydrogen-bond acceptors (Lipinski definition) is 17. The highest BCUT2D eigenvalue weighted by Gasteiger charge is 2.63. The lowest BCUT2D eigenvalue weighted by Crippen LogP contribution is -2.49. The van der Waals surface area contributed by atoms with Crippen molar-refractivity contribution in [2.45, 2.75) is 175 Å². The van der Waals surface area contributed by atoms with Gasteiger partial charge in [-0.25, -0.2) is 0 Å². The molecular formula is C38H71O17P5. The Morgan fingerprint density at radius 1 is 0.450 bits per heavy atom. The maximum atomic E-state index is 9.17. The minimum atomic E-state index is -0.619. The van der Waals surface area contributed by atoms with Crippen LogP contribution in [0.5, 0.6) is 0 Å². The summed E-state index contributed by atoms with van der Waals surface area (Å²) in [6.07, 6.45) is 3.52. The van der Waals surface area contributed by atoms with E-state index in [2.05, 4.69) is 68.1 Å². The first-order chi connectivity index (χ1) is 28.8. The molecule has 2 N–H and O–H groups in total. The molecule has 0 aromatic carbocycles. The third-order valence-electron chi connectivity index (χ3n) is 14.2. The van der Waals surface area contributed by atoms with Gasteiger partial charge in [0, 0.05) is 53.3 Å². The summed E-state index contributed by atoms with van der Waals surface area (Å²) >= 11 is 0. The second kappa shape index (κ2) is 21.2. The predicted octanol–water partition coefficient (Wildman–Crippen LogP) is 2.66. The monoisotopic (exact) mass is 954 g/mol. The smallest absolute Gasteiger partial charge is 0.144 e. The summed E-state index contributed by atoms with van der Waals surface area (Å²) in [6.45, 7) is 18.6. The molecule has 0 aromatic heterocycles. The Morgan fingerprint density at radius 2 is 0.767 bits per heavy atom. The van der Waals surface area contributed by atoms with E-state index in [1.165, 1.54) is 0 Å². The lowest BCUT2D eigenvalue weighted by atomic mass is 9.87. The standard InChI is InChI=1S/3C8H15O3P.2C7H13O4P/c2*1-3-8-4-9-6(5(2)10-8)7(8)11-12;1-2-8-5-9-3-6(4-10-8)7(8)11-12;2*1-4-5-6(11-12)7(2-8,10-4)3-9-5/h2*5-7H,3-4,12H2,1-2H3;6-7H,2-5,12H2,1H3;2*4-6,8H,2-3,12H2,1H3/t2*5-,6?,7+,8?;6?,7-,8?;4?,5-,6+,7?;4?,5-,6-,7?/m00100/s1. The largest absolute Gasteiger partial charge is 0.393 e. The molecule has 15 unspecified atom stereocenters. The summed E-state index contributed by atoms with van der Waals surface area (Å²) in [6, 6.07) is 0. The predicted molar refractivity (Wildman–Crippen MR) is 233 cm³/mol. The highest BCUT2D eigenvalue weighted by molar-refractivity contribution is 7.10. The van der Waals surface area contributed by atoms with E-state index in [9.17, 15) is 0 Å². The zero-order chi connectivity index (χ0) is 43.7. The maximum absolute atomic E-state index is 9.17. The van der Waals surface area contributed by atoms with Gasteiger partial charge in [0.05, 0.1) is 90.0 Å². The summed E-state index contributed by atoms with van der Waals surface area (Å²) < 4.78 is 82.5. The third-order valence-corrected chi connectivity index (χ3v) is 15.6. The van der Waals surface area contributed by atoms with Crippen LogP contribution >= 0.6 is 47.3 Å². The third kappa shape index (κ3) is 9.10. The van der Waals surface area contributed by atoms with E-state index in [0.29, 0.717) is 39.0 Å². The van der Waals surface area contributed by atoms with Gasteiger partial charge in [0.1, 0.15) is 76.8 Å². The van der Waals surface area contributed by atoms with E-state index in [0.717, 1.165) is 32.5 Å². The average molecular weight is 955 g/mol. The van der Waals surface area contributed by atoms with E-state index in [-0.39, 0.29) is 109 Å². The first-order valence-corrected chi connectivity index (χ1v) is 23.5. The minimum absolute atomic E-state index is 0.0106. The lowest BCUT2D eigenvalue weighted by Gasteiger charge is -2.37. The first-order valence-electron chi connectivity index (χ1n) is 21.1. The summed E-state index contributed by atoms with van der Waals surface area (Å²) in [5, 5.41) is 18.3. The highest BCUT2D eigenvalue weighted by Crippen LogP contribution is 2.47. The van der Waals surface area contributed by atoms with Gasteiger partial charge in [0.2, 0.25) is 0 Å². The second-order valence-corrected chi connectivity index (χ2v) is 18.8. The Labute approximate surface area is 367 Å². The Morgan fingerprint density at radius 3 is 1.02 bits per heavy atom. The van der Waals surface area contributed by atoms with Gasteiger partial charge in [0.25, 0.3) is 0 Å². The number of fused-ring (bicyclic) bond motifs is 10. The van der Waals surface area contributed by atoms with Crippen LogP contribution in [-0.2, 0) is 70.0 Å². The number of hydrogen-bond donors (Lipinski definition) is 2. The normalized spacial score (nSPS) is 50.7. The number of aliphatic hydroxyl groups is 2. The van der Waals surface area contributed by atoms with Crippen LogP contribution in [0.15, 0.2) is 0 Å². The van der Waals surface area contributed by atoms with E-state index in [1.807, 2.05) is 27.7 Å². The van der Waals surface area contributed by atoms with Crippen molar-refractivity contribution in [2.24, 2.45) is 5.92 Å². The van der Waals surface area contributed by atoms with E-state index in [4.69, 9.17) is 80.2 Å². The van der Waals surface area contributed by atoms with Crippen molar-refractivity contribution in [1.82, 2.24) is 0 Å². The van der Waals surface area contributed by atoms with Gasteiger partial charge < -0.3 is 80.2 Å². The molecule has 10 bridgehead atoms. The molecule has 10 aliphatic heterocycles. The molecule has 350 valence electrons. The second-order valence-electron chi connectivity index (χ2n) is 17.5. The van der Waals surface area contributed by atoms with Crippen molar-refractivity contribution in [1.29, 1.82) is 0 Å². The van der Waals surface area contributed by atoms with Gasteiger partial charge in [0.15, 0.2) is 0 Å². The van der Waals surface area contributed by atoms with Crippen LogP contribution in [0, 0.1) is 5.92 Å². The Kier molecular flexibility index (Phi) is 18.0. The van der Waals surface area contributed by atoms with Gasteiger partial charge in [-0.3, -0.25) is 0 Å². The van der Waals surface area contributed by atoms with Crippen molar-refractivity contribution >= 4 is 47.3 Å². The van der Waals surface area contributed by atoms with Crippen molar-refractivity contribution < 1.29 is 80.2 Å². The topological polar surface area (TPSA) is 179 Å². The van der Waals surface area contributed by atoms with Crippen LogP contribution in [-0.4, -0.2) is 177 Å². The van der Waals surface area contributed by atoms with Gasteiger partial charge in [-0.2, -0.15) is 0 Å². The fourth-order valence-electron chi connectivity index (χ4n) is 10.6. The average Bonchev–Trinajstić information content (AvgIpc) is 4.16. The minimum Gasteiger partial charge on any atom is -0.393 e. The van der Waals surface area contributed by atoms with Crippen LogP contribution in [0.25, 0.3) is 0 Å². The first kappa shape index (κ1) is 50.9. The quantitative estimate of drug-likeness (QED) is 0.305. The Hall–Kier alpha value is 1.47. The van der Waals surface area contributed by atoms with Crippen LogP contribution in [0.2, 0.25) is 0 Å². The van der Waals surface area contributed by atoms with Crippen LogP contribution < -0.4 is 0 Å². The molecule has 0 aromatic rings. The molecule has 22 heteroatoms. The van der Waals surface area contributed by atoms with Crippen LogP contribution in [0.1, 0.15) is 67.7 Å². The number of rotatable bonds is 10. The number of aliphatic hydroxyl groups excluding tert-OH is 2. The van der Waals surface area contributed by atoms with Gasteiger partial charge in [-0.15, -0.1) is 0 Å². The van der Waals surface area contributed by atoms with Crippen molar-refractivity contribution in [3.05, 3.63) is 0 Å². The summed E-state index contributed by atoms with van der Waals surface area (Å²) in [5.41, 5.74) is -1.75. The molecule has 10 rings (SSSR count). The molecular weight excluding hydrogens is 883 g/mol. The molecule has 24 atom stereocenters. The molecule has 17 nitrogen and oxygen atoms in total. The molecule has 60 heavy (non-hydrogen) atoms. The fraction of sp³-hybridized carbons (Fsp3) is 1.00. The van der Waals surface area contributed by atoms with Crippen molar-refractivity contribution in [3.63, 3.8) is 0 Å². The van der Waals surface area contributed by atoms with Crippen molar-refractivity contribution in [3.8, 4) is 0 Å². The summed E-state index contributed by atoms with van der Waals surface area (Å²) in [7, 11) is 11.4. The zero-order valence-corrected chi connectivity index (χ0v) is 41.7. The van der Waals surface area contributed by atoms with E-state index < -0.39 is 11.2 Å². The summed E-state index contributed by atoms with van der Waals surface area (Å²) in [4.78, 5) is 0. The molecule has 0 radical (unpaired) electrons. The Balaban J connectivity index is 0.000000126. The van der Waals surface area contributed by atoms with Crippen LogP contribution in [0.3, 0.4) is 0 Å². The van der Waals surface area contributed by atoms with Gasteiger partial charge in [-0.1, -0.05) is 20.8 Å².